The first-order valence-electron chi connectivity index (χ1n) is 5.31. The van der Waals surface area contributed by atoms with E-state index in [2.05, 4.69) is 29.9 Å². The summed E-state index contributed by atoms with van der Waals surface area (Å²) in [4.78, 5) is 10.7. The fourth-order valence-corrected chi connectivity index (χ4v) is 2.64. The summed E-state index contributed by atoms with van der Waals surface area (Å²) >= 11 is 1.69. The minimum atomic E-state index is -0.281. The standard InChI is InChI=1S/C12H15N3OS/c1-7-6-9(17-8(7)2)10(13)11-12(16-3)15-5-4-14-11/h4-6,10H,13H2,1-3H3. The molecule has 5 heteroatoms. The van der Waals surface area contributed by atoms with Crippen LogP contribution in [0.3, 0.4) is 0 Å². The fourth-order valence-electron chi connectivity index (χ4n) is 1.60. The van der Waals surface area contributed by atoms with Crippen LogP contribution in [0.2, 0.25) is 0 Å². The molecule has 0 aliphatic rings. The Kier molecular flexibility index (Phi) is 3.40. The number of aromatic nitrogens is 2. The predicted octanol–water partition coefficient (Wildman–Crippen LogP) is 2.21. The van der Waals surface area contributed by atoms with Gasteiger partial charge in [-0.05, 0) is 25.5 Å². The Morgan fingerprint density at radius 2 is 2.00 bits per heavy atom. The Labute approximate surface area is 104 Å². The molecule has 2 aromatic rings. The Hall–Kier alpha value is -1.46. The zero-order chi connectivity index (χ0) is 12.4. The number of methoxy groups -OCH3 is 1. The lowest BCUT2D eigenvalue weighted by Gasteiger charge is -2.11. The molecule has 2 aromatic heterocycles. The van der Waals surface area contributed by atoms with E-state index >= 15 is 0 Å². The second kappa shape index (κ2) is 4.81. The third-order valence-corrected chi connectivity index (χ3v) is 3.91. The maximum atomic E-state index is 6.20. The smallest absolute Gasteiger partial charge is 0.237 e. The van der Waals surface area contributed by atoms with Gasteiger partial charge < -0.3 is 10.5 Å². The van der Waals surface area contributed by atoms with Crippen molar-refractivity contribution in [2.24, 2.45) is 5.73 Å². The van der Waals surface area contributed by atoms with Crippen LogP contribution in [0.1, 0.15) is 27.1 Å². The predicted molar refractivity (Wildman–Crippen MR) is 68.4 cm³/mol. The van der Waals surface area contributed by atoms with Crippen molar-refractivity contribution < 1.29 is 4.74 Å². The second-order valence-electron chi connectivity index (χ2n) is 3.82. The molecule has 1 atom stereocenters. The van der Waals surface area contributed by atoms with E-state index < -0.39 is 0 Å². The van der Waals surface area contributed by atoms with Gasteiger partial charge in [0.25, 0.3) is 0 Å². The molecule has 0 bridgehead atoms. The molecule has 1 unspecified atom stereocenters. The molecule has 2 N–H and O–H groups in total. The molecule has 0 aliphatic carbocycles. The summed E-state index contributed by atoms with van der Waals surface area (Å²) in [5.41, 5.74) is 8.13. The van der Waals surface area contributed by atoms with Crippen molar-refractivity contribution in [3.63, 3.8) is 0 Å². The van der Waals surface area contributed by atoms with Crippen LogP contribution >= 0.6 is 11.3 Å². The van der Waals surface area contributed by atoms with Crippen molar-refractivity contribution in [3.8, 4) is 5.88 Å². The van der Waals surface area contributed by atoms with Gasteiger partial charge in [0.1, 0.15) is 5.69 Å². The number of aryl methyl sites for hydroxylation is 2. The van der Waals surface area contributed by atoms with Crippen LogP contribution in [0, 0.1) is 13.8 Å². The monoisotopic (exact) mass is 249 g/mol. The summed E-state index contributed by atoms with van der Waals surface area (Å²) in [6, 6.07) is 1.81. The van der Waals surface area contributed by atoms with E-state index in [1.807, 2.05) is 0 Å². The first kappa shape index (κ1) is 12.0. The largest absolute Gasteiger partial charge is 0.480 e. The van der Waals surface area contributed by atoms with E-state index in [0.717, 1.165) is 4.88 Å². The van der Waals surface area contributed by atoms with E-state index in [1.54, 1.807) is 30.8 Å². The average Bonchev–Trinajstić information content (AvgIpc) is 2.68. The Balaban J connectivity index is 2.39. The number of nitrogens with two attached hydrogens (primary N) is 1. The summed E-state index contributed by atoms with van der Waals surface area (Å²) in [6.45, 7) is 4.17. The van der Waals surface area contributed by atoms with E-state index in [-0.39, 0.29) is 6.04 Å². The normalized spacial score (nSPS) is 12.5. The highest BCUT2D eigenvalue weighted by Crippen LogP contribution is 2.31. The lowest BCUT2D eigenvalue weighted by atomic mass is 10.1. The molecule has 0 aromatic carbocycles. The van der Waals surface area contributed by atoms with Crippen LogP contribution in [-0.2, 0) is 0 Å². The summed E-state index contributed by atoms with van der Waals surface area (Å²) in [5, 5.41) is 0. The highest BCUT2D eigenvalue weighted by Gasteiger charge is 2.18. The quantitative estimate of drug-likeness (QED) is 0.906. The number of hydrogen-bond acceptors (Lipinski definition) is 5. The molecule has 0 saturated carbocycles. The van der Waals surface area contributed by atoms with Crippen molar-refractivity contribution in [2.45, 2.75) is 19.9 Å². The van der Waals surface area contributed by atoms with E-state index in [1.165, 1.54) is 10.4 Å². The Morgan fingerprint density at radius 3 is 2.59 bits per heavy atom. The van der Waals surface area contributed by atoms with Gasteiger partial charge in [0.2, 0.25) is 5.88 Å². The van der Waals surface area contributed by atoms with Crippen molar-refractivity contribution in [2.75, 3.05) is 7.11 Å². The Morgan fingerprint density at radius 1 is 1.29 bits per heavy atom. The van der Waals surface area contributed by atoms with Gasteiger partial charge in [0, 0.05) is 22.1 Å². The first-order chi connectivity index (χ1) is 8.13. The highest BCUT2D eigenvalue weighted by atomic mass is 32.1. The van der Waals surface area contributed by atoms with Crippen molar-refractivity contribution in [3.05, 3.63) is 39.5 Å². The van der Waals surface area contributed by atoms with Gasteiger partial charge in [-0.15, -0.1) is 11.3 Å². The summed E-state index contributed by atoms with van der Waals surface area (Å²) in [7, 11) is 1.57. The molecule has 0 amide bonds. The molecule has 0 fully saturated rings. The minimum Gasteiger partial charge on any atom is -0.480 e. The van der Waals surface area contributed by atoms with Crippen LogP contribution in [0.15, 0.2) is 18.5 Å². The number of hydrogen-bond donors (Lipinski definition) is 1. The molecular weight excluding hydrogens is 234 g/mol. The van der Waals surface area contributed by atoms with Crippen LogP contribution in [-0.4, -0.2) is 17.1 Å². The minimum absolute atomic E-state index is 0.281. The average molecular weight is 249 g/mol. The molecule has 4 nitrogen and oxygen atoms in total. The van der Waals surface area contributed by atoms with E-state index in [4.69, 9.17) is 10.5 Å². The van der Waals surface area contributed by atoms with Crippen LogP contribution in [0.5, 0.6) is 5.88 Å². The van der Waals surface area contributed by atoms with Gasteiger partial charge in [0.15, 0.2) is 0 Å². The molecule has 90 valence electrons. The lowest BCUT2D eigenvalue weighted by Crippen LogP contribution is -2.14. The van der Waals surface area contributed by atoms with Crippen LogP contribution in [0.4, 0.5) is 0 Å². The van der Waals surface area contributed by atoms with Crippen LogP contribution < -0.4 is 10.5 Å². The topological polar surface area (TPSA) is 61.0 Å². The van der Waals surface area contributed by atoms with Crippen LogP contribution in [0.25, 0.3) is 0 Å². The number of ether oxygens (including phenoxy) is 1. The lowest BCUT2D eigenvalue weighted by molar-refractivity contribution is 0.387. The molecule has 17 heavy (non-hydrogen) atoms. The third kappa shape index (κ3) is 2.30. The van der Waals surface area contributed by atoms with Crippen molar-refractivity contribution >= 4 is 11.3 Å². The molecule has 0 aliphatic heterocycles. The molecule has 0 radical (unpaired) electrons. The number of rotatable bonds is 3. The van der Waals surface area contributed by atoms with Crippen molar-refractivity contribution in [1.82, 2.24) is 9.97 Å². The molecule has 0 saturated heterocycles. The van der Waals surface area contributed by atoms with Gasteiger partial charge in [-0.3, -0.25) is 4.98 Å². The first-order valence-corrected chi connectivity index (χ1v) is 6.12. The maximum Gasteiger partial charge on any atom is 0.237 e. The Bertz CT molecular complexity index is 505. The van der Waals surface area contributed by atoms with E-state index in [9.17, 15) is 0 Å². The number of nitrogens with zero attached hydrogens (tertiary/aromatic N) is 2. The molecule has 2 rings (SSSR count). The fraction of sp³-hybridized carbons (Fsp3) is 0.333. The maximum absolute atomic E-state index is 6.20. The third-order valence-electron chi connectivity index (χ3n) is 2.67. The number of thiophene rings is 1. The SMILES string of the molecule is COc1nccnc1C(N)c1cc(C)c(C)s1. The van der Waals surface area contributed by atoms with Gasteiger partial charge in [0.05, 0.1) is 13.2 Å². The summed E-state index contributed by atoms with van der Waals surface area (Å²) in [5.74, 6) is 0.490. The van der Waals surface area contributed by atoms with Gasteiger partial charge in [-0.1, -0.05) is 0 Å². The highest BCUT2D eigenvalue weighted by molar-refractivity contribution is 7.12. The van der Waals surface area contributed by atoms with Gasteiger partial charge in [-0.25, -0.2) is 4.98 Å². The zero-order valence-corrected chi connectivity index (χ0v) is 10.9. The summed E-state index contributed by atoms with van der Waals surface area (Å²) < 4.78 is 5.18. The zero-order valence-electron chi connectivity index (χ0n) is 10.1. The molecule has 2 heterocycles. The van der Waals surface area contributed by atoms with E-state index in [0.29, 0.717) is 11.6 Å². The van der Waals surface area contributed by atoms with Gasteiger partial charge >= 0.3 is 0 Å². The second-order valence-corrected chi connectivity index (χ2v) is 5.10. The summed E-state index contributed by atoms with van der Waals surface area (Å²) in [6.07, 6.45) is 3.23. The molecule has 0 spiro atoms. The molecular formula is C12H15N3OS. The van der Waals surface area contributed by atoms with Crippen molar-refractivity contribution in [1.29, 1.82) is 0 Å². The van der Waals surface area contributed by atoms with Gasteiger partial charge in [-0.2, -0.15) is 0 Å².